The topological polar surface area (TPSA) is 47.3 Å². The average Bonchev–Trinajstić information content (AvgIpc) is 2.63. The van der Waals surface area contributed by atoms with Crippen LogP contribution in [0.1, 0.15) is 5.56 Å². The maximum absolute atomic E-state index is 13.6. The van der Waals surface area contributed by atoms with Crippen molar-refractivity contribution in [2.45, 2.75) is 0 Å². The van der Waals surface area contributed by atoms with Gasteiger partial charge in [0.2, 0.25) is 0 Å². The van der Waals surface area contributed by atoms with Gasteiger partial charge in [-0.1, -0.05) is 0 Å². The lowest BCUT2D eigenvalue weighted by Gasteiger charge is -2.17. The van der Waals surface area contributed by atoms with Gasteiger partial charge in [-0.2, -0.15) is 5.26 Å². The second-order valence-corrected chi connectivity index (χ2v) is 3.75. The zero-order valence-electron chi connectivity index (χ0n) is 9.07. The van der Waals surface area contributed by atoms with E-state index in [1.54, 1.807) is 13.1 Å². The summed E-state index contributed by atoms with van der Waals surface area (Å²) in [6.45, 7) is 0.761. The molecule has 4 nitrogen and oxygen atoms in total. The van der Waals surface area contributed by atoms with Crippen LogP contribution in [-0.2, 0) is 0 Å². The summed E-state index contributed by atoms with van der Waals surface area (Å²) < 4.78 is 27.0. The molecule has 1 aliphatic rings. The van der Waals surface area contributed by atoms with E-state index in [0.29, 0.717) is 13.1 Å². The van der Waals surface area contributed by atoms with Crippen LogP contribution in [0.4, 0.5) is 19.3 Å². The zero-order chi connectivity index (χ0) is 12.6. The van der Waals surface area contributed by atoms with E-state index in [2.05, 4.69) is 0 Å². The van der Waals surface area contributed by atoms with Crippen molar-refractivity contribution in [1.82, 2.24) is 4.90 Å². The normalized spacial score (nSPS) is 15.3. The molecule has 0 saturated carbocycles. The van der Waals surface area contributed by atoms with Gasteiger partial charge < -0.3 is 4.90 Å². The number of urea groups is 1. The molecule has 0 bridgehead atoms. The number of amides is 2. The third kappa shape index (κ3) is 1.80. The number of benzene rings is 1. The fraction of sp³-hybridized carbons (Fsp3) is 0.273. The molecule has 2 rings (SSSR count). The van der Waals surface area contributed by atoms with E-state index in [0.717, 1.165) is 17.0 Å². The highest BCUT2D eigenvalue weighted by Crippen LogP contribution is 2.25. The van der Waals surface area contributed by atoms with E-state index in [9.17, 15) is 13.6 Å². The first-order valence-electron chi connectivity index (χ1n) is 4.96. The number of nitriles is 1. The van der Waals surface area contributed by atoms with E-state index in [4.69, 9.17) is 5.26 Å². The molecule has 0 aromatic heterocycles. The Morgan fingerprint density at radius 1 is 1.29 bits per heavy atom. The van der Waals surface area contributed by atoms with Crippen LogP contribution in [0.5, 0.6) is 0 Å². The minimum Gasteiger partial charge on any atom is -0.326 e. The van der Waals surface area contributed by atoms with Crippen LogP contribution in [0.3, 0.4) is 0 Å². The van der Waals surface area contributed by atoms with Crippen molar-refractivity contribution in [3.8, 4) is 6.07 Å². The average molecular weight is 237 g/mol. The molecular formula is C11H9F2N3O. The van der Waals surface area contributed by atoms with Crippen LogP contribution >= 0.6 is 0 Å². The second-order valence-electron chi connectivity index (χ2n) is 3.75. The molecule has 1 heterocycles. The highest BCUT2D eigenvalue weighted by atomic mass is 19.1. The Bertz CT molecular complexity index is 524. The van der Waals surface area contributed by atoms with Gasteiger partial charge in [0.1, 0.15) is 17.7 Å². The molecule has 0 radical (unpaired) electrons. The maximum atomic E-state index is 13.6. The number of anilines is 1. The van der Waals surface area contributed by atoms with Crippen molar-refractivity contribution in [1.29, 1.82) is 5.26 Å². The summed E-state index contributed by atoms with van der Waals surface area (Å²) in [6, 6.07) is 2.85. The Morgan fingerprint density at radius 2 is 2.00 bits per heavy atom. The Balaban J connectivity index is 2.44. The minimum atomic E-state index is -0.828. The summed E-state index contributed by atoms with van der Waals surface area (Å²) >= 11 is 0. The number of halogens is 2. The molecule has 0 aliphatic carbocycles. The van der Waals surface area contributed by atoms with Crippen molar-refractivity contribution in [3.63, 3.8) is 0 Å². The van der Waals surface area contributed by atoms with Crippen molar-refractivity contribution >= 4 is 11.7 Å². The fourth-order valence-electron chi connectivity index (χ4n) is 1.70. The van der Waals surface area contributed by atoms with Gasteiger partial charge in [-0.15, -0.1) is 0 Å². The van der Waals surface area contributed by atoms with Crippen molar-refractivity contribution in [2.24, 2.45) is 0 Å². The molecule has 0 atom stereocenters. The summed E-state index contributed by atoms with van der Waals surface area (Å²) in [5.41, 5.74) is -0.498. The fourth-order valence-corrected chi connectivity index (χ4v) is 1.70. The Labute approximate surface area is 96.7 Å². The largest absolute Gasteiger partial charge is 0.326 e. The number of hydrogen-bond donors (Lipinski definition) is 0. The third-order valence-corrected chi connectivity index (χ3v) is 2.66. The number of carbonyl (C=O) groups is 1. The lowest BCUT2D eigenvalue weighted by Crippen LogP contribution is -2.30. The van der Waals surface area contributed by atoms with E-state index >= 15 is 0 Å². The van der Waals surface area contributed by atoms with Crippen molar-refractivity contribution in [3.05, 3.63) is 29.3 Å². The van der Waals surface area contributed by atoms with Crippen LogP contribution in [0.15, 0.2) is 12.1 Å². The number of rotatable bonds is 1. The molecule has 1 aromatic rings. The van der Waals surface area contributed by atoms with Crippen LogP contribution in [0, 0.1) is 23.0 Å². The smallest absolute Gasteiger partial charge is 0.324 e. The van der Waals surface area contributed by atoms with E-state index in [1.165, 1.54) is 4.90 Å². The molecule has 1 aromatic carbocycles. The van der Waals surface area contributed by atoms with Crippen LogP contribution in [-0.4, -0.2) is 31.1 Å². The lowest BCUT2D eigenvalue weighted by atomic mass is 10.2. The number of nitrogens with zero attached hydrogens (tertiary/aromatic N) is 3. The Kier molecular flexibility index (Phi) is 2.68. The van der Waals surface area contributed by atoms with Crippen molar-refractivity contribution in [2.75, 3.05) is 25.0 Å². The zero-order valence-corrected chi connectivity index (χ0v) is 9.07. The molecule has 17 heavy (non-hydrogen) atoms. The van der Waals surface area contributed by atoms with Gasteiger partial charge >= 0.3 is 6.03 Å². The SMILES string of the molecule is CN1CCN(c2cc(F)c(C#N)cc2F)C1=O. The predicted molar refractivity (Wildman–Crippen MR) is 56.4 cm³/mol. The van der Waals surface area contributed by atoms with Crippen molar-refractivity contribution < 1.29 is 13.6 Å². The van der Waals surface area contributed by atoms with Gasteiger partial charge in [0.15, 0.2) is 0 Å². The van der Waals surface area contributed by atoms with Gasteiger partial charge in [0, 0.05) is 26.2 Å². The van der Waals surface area contributed by atoms with Gasteiger partial charge in [0.05, 0.1) is 11.3 Å². The van der Waals surface area contributed by atoms with Gasteiger partial charge in [-0.05, 0) is 6.07 Å². The monoisotopic (exact) mass is 237 g/mol. The number of likely N-dealkylation sites (N-methyl/N-ethyl adjacent to an activating group) is 1. The summed E-state index contributed by atoms with van der Waals surface area (Å²) in [5.74, 6) is -1.60. The molecule has 1 saturated heterocycles. The molecule has 2 amide bonds. The quantitative estimate of drug-likeness (QED) is 0.746. The highest BCUT2D eigenvalue weighted by Gasteiger charge is 2.29. The van der Waals surface area contributed by atoms with Gasteiger partial charge in [0.25, 0.3) is 0 Å². The van der Waals surface area contributed by atoms with E-state index < -0.39 is 11.6 Å². The molecule has 0 unspecified atom stereocenters. The van der Waals surface area contributed by atoms with Crippen LogP contribution < -0.4 is 4.90 Å². The second kappa shape index (κ2) is 4.01. The summed E-state index contributed by atoms with van der Waals surface area (Å²) in [7, 11) is 1.58. The first kappa shape index (κ1) is 11.3. The molecule has 88 valence electrons. The highest BCUT2D eigenvalue weighted by molar-refractivity contribution is 5.94. The molecule has 0 N–H and O–H groups in total. The number of hydrogen-bond acceptors (Lipinski definition) is 2. The minimum absolute atomic E-state index is 0.129. The molecule has 1 fully saturated rings. The Hall–Kier alpha value is -2.16. The molecule has 0 spiro atoms. The third-order valence-electron chi connectivity index (χ3n) is 2.66. The lowest BCUT2D eigenvalue weighted by molar-refractivity contribution is 0.229. The number of carbonyl (C=O) groups excluding carboxylic acids is 1. The predicted octanol–water partition coefficient (Wildman–Crippen LogP) is 1.71. The molecule has 6 heteroatoms. The van der Waals surface area contributed by atoms with Gasteiger partial charge in [-0.25, -0.2) is 13.6 Å². The molecular weight excluding hydrogens is 228 g/mol. The molecule has 1 aliphatic heterocycles. The van der Waals surface area contributed by atoms with E-state index in [-0.39, 0.29) is 17.3 Å². The van der Waals surface area contributed by atoms with Crippen LogP contribution in [0.2, 0.25) is 0 Å². The van der Waals surface area contributed by atoms with Crippen LogP contribution in [0.25, 0.3) is 0 Å². The first-order valence-corrected chi connectivity index (χ1v) is 4.96. The Morgan fingerprint density at radius 3 is 2.53 bits per heavy atom. The summed E-state index contributed by atoms with van der Waals surface area (Å²) in [4.78, 5) is 14.2. The first-order chi connectivity index (χ1) is 8.04. The van der Waals surface area contributed by atoms with Gasteiger partial charge in [-0.3, -0.25) is 4.90 Å². The van der Waals surface area contributed by atoms with E-state index in [1.807, 2.05) is 0 Å². The summed E-state index contributed by atoms with van der Waals surface area (Å²) in [5, 5.41) is 8.55. The summed E-state index contributed by atoms with van der Waals surface area (Å²) in [6.07, 6.45) is 0. The standard InChI is InChI=1S/C11H9F2N3O/c1-15-2-3-16(11(15)17)10-5-8(12)7(6-14)4-9(10)13/h4-5H,2-3H2,1H3. The maximum Gasteiger partial charge on any atom is 0.324 e.